The molecule has 0 spiro atoms. The molecule has 0 aliphatic rings. The molecule has 0 aliphatic heterocycles. The molecule has 2 nitrogen and oxygen atoms in total. The predicted molar refractivity (Wildman–Crippen MR) is 82.8 cm³/mol. The van der Waals surface area contributed by atoms with E-state index in [1.54, 1.807) is 0 Å². The van der Waals surface area contributed by atoms with Crippen molar-refractivity contribution in [1.82, 2.24) is 10.3 Å². The Bertz CT molecular complexity index is 511. The van der Waals surface area contributed by atoms with E-state index in [4.69, 9.17) is 0 Å². The van der Waals surface area contributed by atoms with Gasteiger partial charge in [0.2, 0.25) is 0 Å². The van der Waals surface area contributed by atoms with Gasteiger partial charge < -0.3 is 5.32 Å². The zero-order valence-electron chi connectivity index (χ0n) is 12.0. The van der Waals surface area contributed by atoms with E-state index in [1.165, 1.54) is 33.0 Å². The van der Waals surface area contributed by atoms with Crippen LogP contribution in [0.2, 0.25) is 0 Å². The minimum atomic E-state index is 0.943. The lowest BCUT2D eigenvalue weighted by atomic mass is 10.1. The highest BCUT2D eigenvalue weighted by atomic mass is 32.1. The Morgan fingerprint density at radius 1 is 1.16 bits per heavy atom. The van der Waals surface area contributed by atoms with Crippen LogP contribution in [0, 0.1) is 13.8 Å². The normalized spacial score (nSPS) is 10.9. The molecule has 0 saturated carbocycles. The molecule has 1 aromatic heterocycles. The fourth-order valence-electron chi connectivity index (χ4n) is 2.25. The van der Waals surface area contributed by atoms with Gasteiger partial charge in [-0.15, -0.1) is 11.3 Å². The summed E-state index contributed by atoms with van der Waals surface area (Å²) in [6.45, 7) is 8.50. The molecule has 0 unspecified atom stereocenters. The molecule has 3 heteroatoms. The van der Waals surface area contributed by atoms with Gasteiger partial charge in [0.1, 0.15) is 0 Å². The zero-order chi connectivity index (χ0) is 13.7. The third-order valence-corrected chi connectivity index (χ3v) is 3.96. The second-order valence-electron chi connectivity index (χ2n) is 5.07. The van der Waals surface area contributed by atoms with Crippen LogP contribution in [0.5, 0.6) is 0 Å². The summed E-state index contributed by atoms with van der Waals surface area (Å²) < 4.78 is 0. The molecule has 1 N–H and O–H groups in total. The summed E-state index contributed by atoms with van der Waals surface area (Å²) in [6.07, 6.45) is 4.13. The van der Waals surface area contributed by atoms with E-state index in [9.17, 15) is 0 Å². The number of hydrogen-bond donors (Lipinski definition) is 1. The lowest BCUT2D eigenvalue weighted by Crippen LogP contribution is -2.12. The SMILES string of the molecule is CCCNCc1cnc(Cc2cc(C)cc(C)c2)s1. The maximum Gasteiger partial charge on any atom is 0.0972 e. The first kappa shape index (κ1) is 14.2. The van der Waals surface area contributed by atoms with Crippen molar-refractivity contribution < 1.29 is 0 Å². The Morgan fingerprint density at radius 2 is 1.89 bits per heavy atom. The number of nitrogens with one attached hydrogen (secondary N) is 1. The lowest BCUT2D eigenvalue weighted by molar-refractivity contribution is 0.681. The Morgan fingerprint density at radius 3 is 2.58 bits per heavy atom. The van der Waals surface area contributed by atoms with E-state index >= 15 is 0 Å². The average Bonchev–Trinajstić information content (AvgIpc) is 2.76. The van der Waals surface area contributed by atoms with Crippen molar-refractivity contribution in [2.24, 2.45) is 0 Å². The van der Waals surface area contributed by atoms with Gasteiger partial charge in [0.15, 0.2) is 0 Å². The number of nitrogens with zero attached hydrogens (tertiary/aromatic N) is 1. The number of rotatable bonds is 6. The van der Waals surface area contributed by atoms with Crippen molar-refractivity contribution in [3.8, 4) is 0 Å². The Labute approximate surface area is 119 Å². The van der Waals surface area contributed by atoms with E-state index in [1.807, 2.05) is 17.5 Å². The molecule has 2 aromatic rings. The molecule has 102 valence electrons. The maximum absolute atomic E-state index is 4.53. The van der Waals surface area contributed by atoms with E-state index in [0.29, 0.717) is 0 Å². The number of hydrogen-bond acceptors (Lipinski definition) is 3. The minimum Gasteiger partial charge on any atom is -0.312 e. The van der Waals surface area contributed by atoms with Crippen molar-refractivity contribution in [3.05, 3.63) is 51.0 Å². The molecule has 2 rings (SSSR count). The van der Waals surface area contributed by atoms with Gasteiger partial charge in [0.05, 0.1) is 5.01 Å². The molecule has 0 aliphatic carbocycles. The van der Waals surface area contributed by atoms with Crippen LogP contribution in [0.3, 0.4) is 0 Å². The molecule has 0 bridgehead atoms. The Hall–Kier alpha value is -1.19. The first-order valence-electron chi connectivity index (χ1n) is 6.89. The van der Waals surface area contributed by atoms with E-state index in [2.05, 4.69) is 49.3 Å². The molecular formula is C16H22N2S. The largest absolute Gasteiger partial charge is 0.312 e. The number of aromatic nitrogens is 1. The molecule has 0 amide bonds. The van der Waals surface area contributed by atoms with Crippen molar-refractivity contribution >= 4 is 11.3 Å². The van der Waals surface area contributed by atoms with Crippen LogP contribution in [-0.4, -0.2) is 11.5 Å². The van der Waals surface area contributed by atoms with E-state index in [-0.39, 0.29) is 0 Å². The fraction of sp³-hybridized carbons (Fsp3) is 0.438. The second kappa shape index (κ2) is 6.83. The first-order chi connectivity index (χ1) is 9.17. The number of thiazole rings is 1. The van der Waals surface area contributed by atoms with Crippen LogP contribution in [0.25, 0.3) is 0 Å². The highest BCUT2D eigenvalue weighted by Gasteiger charge is 2.04. The maximum atomic E-state index is 4.53. The van der Waals surface area contributed by atoms with Crippen LogP contribution in [-0.2, 0) is 13.0 Å². The highest BCUT2D eigenvalue weighted by molar-refractivity contribution is 7.11. The summed E-state index contributed by atoms with van der Waals surface area (Å²) in [6, 6.07) is 6.72. The minimum absolute atomic E-state index is 0.943. The zero-order valence-corrected chi connectivity index (χ0v) is 12.8. The van der Waals surface area contributed by atoms with Crippen LogP contribution in [0.15, 0.2) is 24.4 Å². The van der Waals surface area contributed by atoms with Gasteiger partial charge in [0, 0.05) is 24.0 Å². The summed E-state index contributed by atoms with van der Waals surface area (Å²) in [4.78, 5) is 5.85. The molecule has 19 heavy (non-hydrogen) atoms. The van der Waals surface area contributed by atoms with Crippen molar-refractivity contribution in [3.63, 3.8) is 0 Å². The summed E-state index contributed by atoms with van der Waals surface area (Å²) >= 11 is 1.82. The molecule has 0 radical (unpaired) electrons. The molecular weight excluding hydrogens is 252 g/mol. The van der Waals surface area contributed by atoms with Gasteiger partial charge in [-0.2, -0.15) is 0 Å². The standard InChI is InChI=1S/C16H22N2S/c1-4-5-17-10-15-11-18-16(19-15)9-14-7-12(2)6-13(3)8-14/h6-8,11,17H,4-5,9-10H2,1-3H3. The van der Waals surface area contributed by atoms with Crippen LogP contribution in [0.1, 0.15) is 39.9 Å². The van der Waals surface area contributed by atoms with Gasteiger partial charge in [-0.3, -0.25) is 0 Å². The predicted octanol–water partition coefficient (Wildman–Crippen LogP) is 3.85. The quantitative estimate of drug-likeness (QED) is 0.809. The van der Waals surface area contributed by atoms with Crippen LogP contribution < -0.4 is 5.32 Å². The van der Waals surface area contributed by atoms with Crippen molar-refractivity contribution in [2.45, 2.75) is 40.2 Å². The summed E-state index contributed by atoms with van der Waals surface area (Å²) in [5, 5.41) is 4.62. The molecule has 1 aromatic carbocycles. The third-order valence-electron chi connectivity index (χ3n) is 2.96. The molecule has 0 fully saturated rings. The van der Waals surface area contributed by atoms with Gasteiger partial charge in [0.25, 0.3) is 0 Å². The lowest BCUT2D eigenvalue weighted by Gasteiger charge is -2.02. The Kier molecular flexibility index (Phi) is 5.11. The summed E-state index contributed by atoms with van der Waals surface area (Å²) in [5.74, 6) is 0. The average molecular weight is 274 g/mol. The van der Waals surface area contributed by atoms with Crippen LogP contribution in [0.4, 0.5) is 0 Å². The topological polar surface area (TPSA) is 24.9 Å². The summed E-state index contributed by atoms with van der Waals surface area (Å²) in [7, 11) is 0. The van der Waals surface area contributed by atoms with Crippen molar-refractivity contribution in [2.75, 3.05) is 6.54 Å². The van der Waals surface area contributed by atoms with E-state index in [0.717, 1.165) is 19.5 Å². The van der Waals surface area contributed by atoms with Gasteiger partial charge >= 0.3 is 0 Å². The second-order valence-corrected chi connectivity index (χ2v) is 6.27. The summed E-state index contributed by atoms with van der Waals surface area (Å²) in [5.41, 5.74) is 4.02. The van der Waals surface area contributed by atoms with Gasteiger partial charge in [-0.25, -0.2) is 4.98 Å². The van der Waals surface area contributed by atoms with Crippen molar-refractivity contribution in [1.29, 1.82) is 0 Å². The smallest absolute Gasteiger partial charge is 0.0972 e. The van der Waals surface area contributed by atoms with E-state index < -0.39 is 0 Å². The van der Waals surface area contributed by atoms with Gasteiger partial charge in [-0.1, -0.05) is 36.2 Å². The highest BCUT2D eigenvalue weighted by Crippen LogP contribution is 2.18. The number of benzene rings is 1. The van der Waals surface area contributed by atoms with Gasteiger partial charge in [-0.05, 0) is 32.4 Å². The third kappa shape index (κ3) is 4.44. The first-order valence-corrected chi connectivity index (χ1v) is 7.70. The molecule has 1 heterocycles. The molecule has 0 atom stereocenters. The monoisotopic (exact) mass is 274 g/mol. The Balaban J connectivity index is 1.99. The fourth-order valence-corrected chi connectivity index (χ4v) is 3.17. The van der Waals surface area contributed by atoms with Crippen LogP contribution >= 0.6 is 11.3 Å². The molecule has 0 saturated heterocycles. The number of aryl methyl sites for hydroxylation is 2.